The van der Waals surface area contributed by atoms with Crippen LogP contribution in [-0.2, 0) is 14.6 Å². The minimum Gasteiger partial charge on any atom is -0.277 e. The molecule has 78 valence electrons. The molecular formula is C6H9N3O3S2. The van der Waals surface area contributed by atoms with E-state index < -0.39 is 9.84 Å². The highest BCUT2D eigenvalue weighted by atomic mass is 32.2. The molecule has 2 rings (SSSR count). The van der Waals surface area contributed by atoms with Gasteiger partial charge in [0.25, 0.3) is 0 Å². The van der Waals surface area contributed by atoms with Crippen LogP contribution in [0.1, 0.15) is 0 Å². The summed E-state index contributed by atoms with van der Waals surface area (Å²) in [5.74, 6) is 0.301. The second-order valence-corrected chi connectivity index (χ2v) is 6.50. The molecule has 0 saturated carbocycles. The molecule has 0 aromatic rings. The molecule has 2 aliphatic heterocycles. The van der Waals surface area contributed by atoms with Crippen molar-refractivity contribution in [1.82, 2.24) is 10.9 Å². The van der Waals surface area contributed by atoms with E-state index in [1.54, 1.807) is 0 Å². The Bertz CT molecular complexity index is 378. The number of fused-ring (bicyclic) bond motifs is 1. The van der Waals surface area contributed by atoms with Gasteiger partial charge in [-0.2, -0.15) is 0 Å². The van der Waals surface area contributed by atoms with Gasteiger partial charge in [0.2, 0.25) is 6.41 Å². The number of rotatable bonds is 2. The number of nitrogens with one attached hydrogen (secondary N) is 2. The van der Waals surface area contributed by atoms with E-state index in [0.29, 0.717) is 11.6 Å². The molecule has 0 aromatic carbocycles. The van der Waals surface area contributed by atoms with Crippen LogP contribution in [0.15, 0.2) is 4.99 Å². The molecule has 2 N–H and O–H groups in total. The van der Waals surface area contributed by atoms with Crippen LogP contribution in [0.5, 0.6) is 0 Å². The zero-order chi connectivity index (χ0) is 10.2. The average Bonchev–Trinajstić information content (AvgIpc) is 2.53. The second-order valence-electron chi connectivity index (χ2n) is 3.12. The van der Waals surface area contributed by atoms with Crippen LogP contribution in [-0.4, -0.2) is 42.8 Å². The standard InChI is InChI=1S/C6H9N3O3S2/c10-3-7-9-6-8-4-1-14(11,12)2-5(4)13-6/h3-5H,1-2H2,(H,7,10)(H,8,9)/t4-,5-/m0/s1. The van der Waals surface area contributed by atoms with Crippen LogP contribution in [0.4, 0.5) is 0 Å². The van der Waals surface area contributed by atoms with Crippen molar-refractivity contribution in [2.75, 3.05) is 11.5 Å². The van der Waals surface area contributed by atoms with Crippen LogP contribution in [0, 0.1) is 0 Å². The molecular weight excluding hydrogens is 226 g/mol. The van der Waals surface area contributed by atoms with Crippen molar-refractivity contribution >= 4 is 33.2 Å². The van der Waals surface area contributed by atoms with Crippen LogP contribution in [0.2, 0.25) is 0 Å². The monoisotopic (exact) mass is 235 g/mol. The van der Waals surface area contributed by atoms with E-state index in [-0.39, 0.29) is 22.8 Å². The zero-order valence-corrected chi connectivity index (χ0v) is 8.77. The van der Waals surface area contributed by atoms with Gasteiger partial charge in [0.1, 0.15) is 0 Å². The maximum Gasteiger partial charge on any atom is 0.225 e. The molecule has 0 unspecified atom stereocenters. The molecule has 2 heterocycles. The first kappa shape index (κ1) is 9.78. The number of sulfone groups is 1. The first-order valence-corrected chi connectivity index (χ1v) is 6.71. The summed E-state index contributed by atoms with van der Waals surface area (Å²) in [5.41, 5.74) is 4.86. The normalized spacial score (nSPS) is 33.3. The maximum atomic E-state index is 11.2. The summed E-state index contributed by atoms with van der Waals surface area (Å²) in [4.78, 5) is 14.1. The number of hydrogen-bond acceptors (Lipinski definition) is 6. The SMILES string of the molecule is O=CNNC1=N[C@H]2CS(=O)(=O)C[C@@H]2S1. The predicted octanol–water partition coefficient (Wildman–Crippen LogP) is -1.49. The highest BCUT2D eigenvalue weighted by Crippen LogP contribution is 2.32. The van der Waals surface area contributed by atoms with Crippen LogP contribution < -0.4 is 10.9 Å². The Morgan fingerprint density at radius 2 is 2.29 bits per heavy atom. The lowest BCUT2D eigenvalue weighted by atomic mass is 10.3. The number of hydrogen-bond donors (Lipinski definition) is 2. The van der Waals surface area contributed by atoms with Crippen LogP contribution in [0.25, 0.3) is 0 Å². The highest BCUT2D eigenvalue weighted by Gasteiger charge is 2.42. The molecule has 1 fully saturated rings. The second kappa shape index (κ2) is 3.43. The molecule has 2 aliphatic rings. The summed E-state index contributed by atoms with van der Waals surface area (Å²) in [5, 5.41) is 0.595. The number of carbonyl (C=O) groups is 1. The third kappa shape index (κ3) is 1.85. The number of amides is 1. The Morgan fingerprint density at radius 1 is 1.50 bits per heavy atom. The minimum atomic E-state index is -2.90. The van der Waals surface area contributed by atoms with E-state index in [9.17, 15) is 13.2 Å². The fourth-order valence-corrected chi connectivity index (χ4v) is 5.12. The van der Waals surface area contributed by atoms with E-state index in [4.69, 9.17) is 0 Å². The van der Waals surface area contributed by atoms with E-state index in [0.717, 1.165) is 0 Å². The van der Waals surface area contributed by atoms with Gasteiger partial charge in [-0.15, -0.1) is 0 Å². The molecule has 1 amide bonds. The first-order valence-electron chi connectivity index (χ1n) is 4.01. The van der Waals surface area contributed by atoms with Gasteiger partial charge in [-0.05, 0) is 0 Å². The quantitative estimate of drug-likeness (QED) is 0.449. The zero-order valence-electron chi connectivity index (χ0n) is 7.13. The third-order valence-corrected chi connectivity index (χ3v) is 5.20. The molecule has 0 aromatic heterocycles. The van der Waals surface area contributed by atoms with Gasteiger partial charge in [-0.3, -0.25) is 20.6 Å². The fraction of sp³-hybridized carbons (Fsp3) is 0.667. The van der Waals surface area contributed by atoms with Crippen LogP contribution >= 0.6 is 11.8 Å². The van der Waals surface area contributed by atoms with Gasteiger partial charge in [0, 0.05) is 5.25 Å². The van der Waals surface area contributed by atoms with Crippen molar-refractivity contribution in [2.24, 2.45) is 4.99 Å². The lowest BCUT2D eigenvalue weighted by Gasteiger charge is -2.03. The Labute approximate surface area is 85.4 Å². The van der Waals surface area contributed by atoms with E-state index in [1.807, 2.05) is 0 Å². The highest BCUT2D eigenvalue weighted by molar-refractivity contribution is 8.15. The fourth-order valence-electron chi connectivity index (χ4n) is 1.51. The molecule has 6 nitrogen and oxygen atoms in total. The topological polar surface area (TPSA) is 87.6 Å². The summed E-state index contributed by atoms with van der Waals surface area (Å²) >= 11 is 1.36. The van der Waals surface area contributed by atoms with Gasteiger partial charge in [-0.1, -0.05) is 11.8 Å². The molecule has 2 atom stereocenters. The smallest absolute Gasteiger partial charge is 0.225 e. The van der Waals surface area contributed by atoms with Crippen molar-refractivity contribution in [3.8, 4) is 0 Å². The number of nitrogens with zero attached hydrogens (tertiary/aromatic N) is 1. The van der Waals surface area contributed by atoms with Crippen molar-refractivity contribution in [1.29, 1.82) is 0 Å². The molecule has 14 heavy (non-hydrogen) atoms. The van der Waals surface area contributed by atoms with Crippen molar-refractivity contribution in [2.45, 2.75) is 11.3 Å². The molecule has 0 spiro atoms. The average molecular weight is 235 g/mol. The number of carbonyl (C=O) groups excluding carboxylic acids is 1. The van der Waals surface area contributed by atoms with Crippen molar-refractivity contribution in [3.63, 3.8) is 0 Å². The largest absolute Gasteiger partial charge is 0.277 e. The Hall–Kier alpha value is -0.760. The van der Waals surface area contributed by atoms with Gasteiger partial charge in [0.15, 0.2) is 15.0 Å². The van der Waals surface area contributed by atoms with Gasteiger partial charge < -0.3 is 0 Å². The molecule has 0 bridgehead atoms. The third-order valence-electron chi connectivity index (χ3n) is 2.06. The van der Waals surface area contributed by atoms with E-state index >= 15 is 0 Å². The lowest BCUT2D eigenvalue weighted by molar-refractivity contribution is -0.110. The van der Waals surface area contributed by atoms with E-state index in [2.05, 4.69) is 15.8 Å². The maximum absolute atomic E-state index is 11.2. The number of aliphatic imine (C=N–C) groups is 1. The van der Waals surface area contributed by atoms with Crippen molar-refractivity contribution in [3.05, 3.63) is 0 Å². The summed E-state index contributed by atoms with van der Waals surface area (Å²) in [6.07, 6.45) is 0.508. The Morgan fingerprint density at radius 3 is 2.93 bits per heavy atom. The summed E-state index contributed by atoms with van der Waals surface area (Å²) in [7, 11) is -2.90. The van der Waals surface area contributed by atoms with Gasteiger partial charge in [0.05, 0.1) is 17.5 Å². The number of hydrazine groups is 1. The molecule has 8 heteroatoms. The molecule has 0 aliphatic carbocycles. The minimum absolute atomic E-state index is 0.0101. The first-order chi connectivity index (χ1) is 6.61. The van der Waals surface area contributed by atoms with Gasteiger partial charge >= 0.3 is 0 Å². The van der Waals surface area contributed by atoms with Crippen molar-refractivity contribution < 1.29 is 13.2 Å². The summed E-state index contributed by atoms with van der Waals surface area (Å²) < 4.78 is 22.4. The van der Waals surface area contributed by atoms with E-state index in [1.165, 1.54) is 11.8 Å². The predicted molar refractivity (Wildman–Crippen MR) is 53.6 cm³/mol. The number of amidine groups is 1. The van der Waals surface area contributed by atoms with Gasteiger partial charge in [-0.25, -0.2) is 8.42 Å². The molecule has 1 saturated heterocycles. The Balaban J connectivity index is 2.01. The summed E-state index contributed by atoms with van der Waals surface area (Å²) in [6.45, 7) is 0. The van der Waals surface area contributed by atoms with Crippen LogP contribution in [0.3, 0.4) is 0 Å². The molecule has 0 radical (unpaired) electrons. The summed E-state index contributed by atoms with van der Waals surface area (Å²) in [6, 6.07) is -0.152. The Kier molecular flexibility index (Phi) is 2.40. The lowest BCUT2D eigenvalue weighted by Crippen LogP contribution is -2.34. The number of thioether (sulfide) groups is 1.